The lowest BCUT2D eigenvalue weighted by molar-refractivity contribution is 0.785. The Morgan fingerprint density at radius 3 is 2.33 bits per heavy atom. The van der Waals surface area contributed by atoms with Gasteiger partial charge >= 0.3 is 0 Å². The molecule has 0 spiro atoms. The summed E-state index contributed by atoms with van der Waals surface area (Å²) in [6.45, 7) is 0. The zero-order valence-corrected chi connectivity index (χ0v) is 15.1. The normalized spacial score (nSPS) is 11.3. The molecule has 0 saturated carbocycles. The molecular formula is C22H15ClN4. The molecule has 5 rings (SSSR count). The van der Waals surface area contributed by atoms with Crippen molar-refractivity contribution in [3.05, 3.63) is 95.1 Å². The highest BCUT2D eigenvalue weighted by atomic mass is 35.5. The summed E-state index contributed by atoms with van der Waals surface area (Å²) in [6.07, 6.45) is 0.696. The van der Waals surface area contributed by atoms with E-state index in [0.717, 1.165) is 33.5 Å². The largest absolute Gasteiger partial charge is 0.229 e. The quantitative estimate of drug-likeness (QED) is 0.439. The van der Waals surface area contributed by atoms with E-state index in [9.17, 15) is 0 Å². The molecule has 0 bridgehead atoms. The number of rotatable bonds is 3. The summed E-state index contributed by atoms with van der Waals surface area (Å²) in [5.41, 5.74) is 5.55. The van der Waals surface area contributed by atoms with Crippen molar-refractivity contribution in [2.45, 2.75) is 6.42 Å². The highest BCUT2D eigenvalue weighted by molar-refractivity contribution is 6.30. The van der Waals surface area contributed by atoms with Crippen LogP contribution >= 0.6 is 11.6 Å². The molecule has 2 heterocycles. The third kappa shape index (κ3) is 2.94. The lowest BCUT2D eigenvalue weighted by atomic mass is 10.0. The molecule has 0 amide bonds. The van der Waals surface area contributed by atoms with E-state index in [-0.39, 0.29) is 0 Å². The number of benzene rings is 3. The summed E-state index contributed by atoms with van der Waals surface area (Å²) < 4.78 is 1.63. The van der Waals surface area contributed by atoms with Crippen molar-refractivity contribution in [2.75, 3.05) is 0 Å². The van der Waals surface area contributed by atoms with E-state index in [1.54, 1.807) is 4.63 Å². The number of fused-ring (bicyclic) bond motifs is 3. The Kier molecular flexibility index (Phi) is 3.84. The fourth-order valence-corrected chi connectivity index (χ4v) is 3.39. The van der Waals surface area contributed by atoms with Crippen molar-refractivity contribution in [3.8, 4) is 11.3 Å². The van der Waals surface area contributed by atoms with Crippen LogP contribution in [0.1, 0.15) is 11.3 Å². The van der Waals surface area contributed by atoms with Crippen LogP contribution < -0.4 is 0 Å². The molecule has 0 atom stereocenters. The average molecular weight is 371 g/mol. The molecule has 0 fully saturated rings. The van der Waals surface area contributed by atoms with E-state index in [4.69, 9.17) is 21.7 Å². The Labute approximate surface area is 161 Å². The molecule has 0 unspecified atom stereocenters. The first-order valence-electron chi connectivity index (χ1n) is 8.72. The maximum atomic E-state index is 6.06. The monoisotopic (exact) mass is 370 g/mol. The average Bonchev–Trinajstić information content (AvgIpc) is 3.06. The van der Waals surface area contributed by atoms with Gasteiger partial charge < -0.3 is 0 Å². The van der Waals surface area contributed by atoms with Crippen molar-refractivity contribution in [1.29, 1.82) is 0 Å². The van der Waals surface area contributed by atoms with Crippen LogP contribution in [-0.2, 0) is 6.42 Å². The number of hydrogen-bond acceptors (Lipinski definition) is 3. The van der Waals surface area contributed by atoms with Crippen LogP contribution in [0, 0.1) is 0 Å². The Hall–Kier alpha value is -3.24. The van der Waals surface area contributed by atoms with E-state index in [0.29, 0.717) is 11.4 Å². The van der Waals surface area contributed by atoms with Gasteiger partial charge in [-0.05, 0) is 29.8 Å². The van der Waals surface area contributed by atoms with Crippen molar-refractivity contribution >= 4 is 28.2 Å². The van der Waals surface area contributed by atoms with Crippen molar-refractivity contribution in [2.24, 2.45) is 0 Å². The summed E-state index contributed by atoms with van der Waals surface area (Å²) in [5, 5.41) is 11.1. The maximum Gasteiger partial charge on any atom is 0.184 e. The van der Waals surface area contributed by atoms with Crippen molar-refractivity contribution in [3.63, 3.8) is 0 Å². The van der Waals surface area contributed by atoms with Crippen molar-refractivity contribution in [1.82, 2.24) is 19.8 Å². The van der Waals surface area contributed by atoms with Gasteiger partial charge in [0.2, 0.25) is 0 Å². The molecule has 0 radical (unpaired) electrons. The van der Waals surface area contributed by atoms with Gasteiger partial charge in [-0.3, -0.25) is 0 Å². The topological polar surface area (TPSA) is 43.1 Å². The standard InChI is InChI=1S/C22H15ClN4/c23-17-12-10-16(11-13-17)21-20(14-15-6-2-1-3-7-15)24-22-18-8-4-5-9-19(18)25-27(22)26-21/h1-13H,14H2. The minimum atomic E-state index is 0.696. The van der Waals surface area contributed by atoms with Gasteiger partial charge in [0.15, 0.2) is 5.65 Å². The molecule has 130 valence electrons. The first kappa shape index (κ1) is 16.0. The maximum absolute atomic E-state index is 6.06. The van der Waals surface area contributed by atoms with Crippen LogP contribution in [0.15, 0.2) is 78.9 Å². The molecule has 0 aliphatic rings. The summed E-state index contributed by atoms with van der Waals surface area (Å²) in [4.78, 5) is 4.96. The number of hydrogen-bond donors (Lipinski definition) is 0. The van der Waals surface area contributed by atoms with Gasteiger partial charge in [-0.2, -0.15) is 0 Å². The van der Waals surface area contributed by atoms with Gasteiger partial charge in [-0.25, -0.2) is 4.98 Å². The number of nitrogens with zero attached hydrogens (tertiary/aromatic N) is 4. The van der Waals surface area contributed by atoms with E-state index in [2.05, 4.69) is 17.2 Å². The summed E-state index contributed by atoms with van der Waals surface area (Å²) >= 11 is 6.06. The molecule has 3 aromatic carbocycles. The van der Waals surface area contributed by atoms with E-state index in [1.165, 1.54) is 5.56 Å². The van der Waals surface area contributed by atoms with Gasteiger partial charge in [0.25, 0.3) is 0 Å². The van der Waals surface area contributed by atoms with Crippen LogP contribution in [0.5, 0.6) is 0 Å². The highest BCUT2D eigenvalue weighted by Gasteiger charge is 2.15. The molecule has 4 nitrogen and oxygen atoms in total. The fourth-order valence-electron chi connectivity index (χ4n) is 3.26. The van der Waals surface area contributed by atoms with Crippen LogP contribution in [0.4, 0.5) is 0 Å². The molecular weight excluding hydrogens is 356 g/mol. The molecule has 0 N–H and O–H groups in total. The van der Waals surface area contributed by atoms with Gasteiger partial charge in [-0.1, -0.05) is 66.2 Å². The first-order valence-corrected chi connectivity index (χ1v) is 9.10. The Morgan fingerprint density at radius 1 is 0.778 bits per heavy atom. The SMILES string of the molecule is Clc1ccc(-c2nn3nc4ccccc4c3nc2Cc2ccccc2)cc1. The van der Waals surface area contributed by atoms with E-state index in [1.807, 2.05) is 66.7 Å². The Bertz CT molecular complexity index is 1240. The molecule has 2 aromatic heterocycles. The van der Waals surface area contributed by atoms with Gasteiger partial charge in [0.1, 0.15) is 5.69 Å². The zero-order valence-electron chi connectivity index (χ0n) is 14.4. The third-order valence-corrected chi connectivity index (χ3v) is 4.83. The molecule has 5 aromatic rings. The molecule has 27 heavy (non-hydrogen) atoms. The Morgan fingerprint density at radius 2 is 1.52 bits per heavy atom. The molecule has 0 aliphatic carbocycles. The second-order valence-corrected chi connectivity index (χ2v) is 6.84. The van der Waals surface area contributed by atoms with Gasteiger partial charge in [0.05, 0.1) is 11.2 Å². The summed E-state index contributed by atoms with van der Waals surface area (Å²) in [6, 6.07) is 25.9. The van der Waals surface area contributed by atoms with Crippen LogP contribution in [0.2, 0.25) is 5.02 Å². The van der Waals surface area contributed by atoms with Crippen LogP contribution in [0.25, 0.3) is 27.8 Å². The second kappa shape index (κ2) is 6.49. The van der Waals surface area contributed by atoms with E-state index >= 15 is 0 Å². The van der Waals surface area contributed by atoms with E-state index < -0.39 is 0 Å². The summed E-state index contributed by atoms with van der Waals surface area (Å²) in [5.74, 6) is 0. The molecule has 0 saturated heterocycles. The smallest absolute Gasteiger partial charge is 0.184 e. The number of halogens is 1. The van der Waals surface area contributed by atoms with Gasteiger partial charge in [-0.15, -0.1) is 14.8 Å². The van der Waals surface area contributed by atoms with Crippen LogP contribution in [-0.4, -0.2) is 19.8 Å². The Balaban J connectivity index is 1.75. The fraction of sp³-hybridized carbons (Fsp3) is 0.0455. The predicted octanol–water partition coefficient (Wildman–Crippen LogP) is 5.19. The first-order chi connectivity index (χ1) is 13.3. The zero-order chi connectivity index (χ0) is 18.2. The molecule has 0 aliphatic heterocycles. The summed E-state index contributed by atoms with van der Waals surface area (Å²) in [7, 11) is 0. The minimum Gasteiger partial charge on any atom is -0.229 e. The van der Waals surface area contributed by atoms with Gasteiger partial charge in [0, 0.05) is 22.4 Å². The predicted molar refractivity (Wildman–Crippen MR) is 108 cm³/mol. The lowest BCUT2D eigenvalue weighted by Crippen LogP contribution is -2.05. The third-order valence-electron chi connectivity index (χ3n) is 4.58. The van der Waals surface area contributed by atoms with Crippen molar-refractivity contribution < 1.29 is 0 Å². The molecule has 5 heteroatoms. The second-order valence-electron chi connectivity index (χ2n) is 6.41. The number of aromatic nitrogens is 4. The van der Waals surface area contributed by atoms with Crippen LogP contribution in [0.3, 0.4) is 0 Å². The lowest BCUT2D eigenvalue weighted by Gasteiger charge is -2.09. The minimum absolute atomic E-state index is 0.696. The highest BCUT2D eigenvalue weighted by Crippen LogP contribution is 2.26.